The molecule has 0 aliphatic carbocycles. The first-order chi connectivity index (χ1) is 7.22. The topological polar surface area (TPSA) is 70.3 Å². The fraction of sp³-hybridized carbons (Fsp3) is 0.111. The van der Waals surface area contributed by atoms with Crippen LogP contribution in [0.2, 0.25) is 0 Å². The molecule has 0 spiro atoms. The second-order valence-corrected chi connectivity index (χ2v) is 3.34. The highest BCUT2D eigenvalue weighted by Gasteiger charge is 2.05. The number of aromatic amines is 1. The van der Waals surface area contributed by atoms with Gasteiger partial charge in [-0.25, -0.2) is 4.98 Å². The van der Waals surface area contributed by atoms with E-state index in [1.807, 2.05) is 13.1 Å². The molecule has 74 valence electrons. The van der Waals surface area contributed by atoms with E-state index in [1.165, 1.54) is 0 Å². The molecule has 2 heterocycles. The molecule has 6 heteroatoms. The van der Waals surface area contributed by atoms with Crippen molar-refractivity contribution in [2.45, 2.75) is 0 Å². The fourth-order valence-electron chi connectivity index (χ4n) is 1.20. The SMILES string of the molecule is Cn1c(-c2ccc(C#N)nc2)n[nH]c1=S. The van der Waals surface area contributed by atoms with Gasteiger partial charge in [-0.05, 0) is 24.4 Å². The second kappa shape index (κ2) is 3.63. The molecule has 0 aliphatic heterocycles. The summed E-state index contributed by atoms with van der Waals surface area (Å²) < 4.78 is 2.30. The van der Waals surface area contributed by atoms with Crippen LogP contribution < -0.4 is 0 Å². The van der Waals surface area contributed by atoms with E-state index in [9.17, 15) is 0 Å². The molecular weight excluding hydrogens is 210 g/mol. The molecule has 0 amide bonds. The van der Waals surface area contributed by atoms with Gasteiger partial charge in [-0.1, -0.05) is 0 Å². The Morgan fingerprint density at radius 2 is 2.33 bits per heavy atom. The summed E-state index contributed by atoms with van der Waals surface area (Å²) in [4.78, 5) is 3.96. The summed E-state index contributed by atoms with van der Waals surface area (Å²) in [6, 6.07) is 5.39. The summed E-state index contributed by atoms with van der Waals surface area (Å²) >= 11 is 4.99. The van der Waals surface area contributed by atoms with Crippen molar-refractivity contribution in [3.8, 4) is 17.5 Å². The first-order valence-electron chi connectivity index (χ1n) is 4.20. The van der Waals surface area contributed by atoms with Gasteiger partial charge < -0.3 is 4.57 Å². The lowest BCUT2D eigenvalue weighted by Crippen LogP contribution is -1.93. The molecule has 0 atom stereocenters. The number of hydrogen-bond donors (Lipinski definition) is 1. The van der Waals surface area contributed by atoms with Crippen LogP contribution in [0, 0.1) is 16.1 Å². The van der Waals surface area contributed by atoms with Crippen molar-refractivity contribution in [3.05, 3.63) is 28.8 Å². The number of H-pyrrole nitrogens is 1. The number of nitrogens with zero attached hydrogens (tertiary/aromatic N) is 4. The Hall–Kier alpha value is -2.00. The Morgan fingerprint density at radius 3 is 2.80 bits per heavy atom. The number of pyridine rings is 1. The normalized spacial score (nSPS) is 9.87. The van der Waals surface area contributed by atoms with E-state index < -0.39 is 0 Å². The number of aromatic nitrogens is 4. The van der Waals surface area contributed by atoms with E-state index in [4.69, 9.17) is 17.5 Å². The van der Waals surface area contributed by atoms with Gasteiger partial charge in [0.25, 0.3) is 0 Å². The summed E-state index contributed by atoms with van der Waals surface area (Å²) in [5, 5.41) is 15.4. The van der Waals surface area contributed by atoms with Crippen molar-refractivity contribution in [3.63, 3.8) is 0 Å². The monoisotopic (exact) mass is 217 g/mol. The maximum absolute atomic E-state index is 8.60. The Kier molecular flexibility index (Phi) is 2.31. The highest BCUT2D eigenvalue weighted by molar-refractivity contribution is 7.71. The minimum absolute atomic E-state index is 0.385. The summed E-state index contributed by atoms with van der Waals surface area (Å²) in [6.07, 6.45) is 1.60. The standard InChI is InChI=1S/C9H7N5S/c1-14-8(12-13-9(14)15)6-2-3-7(4-10)11-5-6/h2-3,5H,1H3,(H,13,15). The van der Waals surface area contributed by atoms with Crippen LogP contribution in [0.5, 0.6) is 0 Å². The molecule has 0 bridgehead atoms. The summed E-state index contributed by atoms with van der Waals surface area (Å²) in [5.74, 6) is 0.706. The predicted molar refractivity (Wildman–Crippen MR) is 56.3 cm³/mol. The number of nitriles is 1. The molecular formula is C9H7N5S. The van der Waals surface area contributed by atoms with Crippen LogP contribution >= 0.6 is 12.2 Å². The van der Waals surface area contributed by atoms with Crippen molar-refractivity contribution >= 4 is 12.2 Å². The zero-order chi connectivity index (χ0) is 10.8. The molecule has 15 heavy (non-hydrogen) atoms. The van der Waals surface area contributed by atoms with E-state index in [-0.39, 0.29) is 0 Å². The van der Waals surface area contributed by atoms with E-state index in [1.54, 1.807) is 22.9 Å². The third-order valence-electron chi connectivity index (χ3n) is 2.02. The van der Waals surface area contributed by atoms with Crippen molar-refractivity contribution in [1.82, 2.24) is 19.7 Å². The van der Waals surface area contributed by atoms with Gasteiger partial charge in [-0.3, -0.25) is 5.10 Å². The van der Waals surface area contributed by atoms with Crippen molar-refractivity contribution in [2.24, 2.45) is 7.05 Å². The lowest BCUT2D eigenvalue weighted by atomic mass is 10.2. The molecule has 0 radical (unpaired) electrons. The molecule has 0 aromatic carbocycles. The van der Waals surface area contributed by atoms with Gasteiger partial charge in [0.1, 0.15) is 11.8 Å². The average molecular weight is 217 g/mol. The first kappa shape index (κ1) is 9.55. The number of rotatable bonds is 1. The van der Waals surface area contributed by atoms with Crippen molar-refractivity contribution < 1.29 is 0 Å². The minimum Gasteiger partial charge on any atom is -0.303 e. The Morgan fingerprint density at radius 1 is 1.53 bits per heavy atom. The van der Waals surface area contributed by atoms with Gasteiger partial charge in [-0.2, -0.15) is 10.4 Å². The predicted octanol–water partition coefficient (Wildman–Crippen LogP) is 1.41. The Labute approximate surface area is 91.0 Å². The van der Waals surface area contributed by atoms with Gasteiger partial charge in [0, 0.05) is 18.8 Å². The van der Waals surface area contributed by atoms with Gasteiger partial charge in [-0.15, -0.1) is 0 Å². The summed E-state index contributed by atoms with van der Waals surface area (Å²) in [6.45, 7) is 0. The molecule has 0 saturated carbocycles. The largest absolute Gasteiger partial charge is 0.303 e. The molecule has 0 unspecified atom stereocenters. The molecule has 0 saturated heterocycles. The third kappa shape index (κ3) is 1.65. The molecule has 0 fully saturated rings. The van der Waals surface area contributed by atoms with Gasteiger partial charge in [0.15, 0.2) is 10.6 Å². The minimum atomic E-state index is 0.385. The lowest BCUT2D eigenvalue weighted by molar-refractivity contribution is 0.901. The van der Waals surface area contributed by atoms with Crippen molar-refractivity contribution in [2.75, 3.05) is 0 Å². The van der Waals surface area contributed by atoms with E-state index in [0.717, 1.165) is 5.56 Å². The zero-order valence-corrected chi connectivity index (χ0v) is 8.75. The van der Waals surface area contributed by atoms with Gasteiger partial charge in [0.2, 0.25) is 0 Å². The first-order valence-corrected chi connectivity index (χ1v) is 4.61. The highest BCUT2D eigenvalue weighted by atomic mass is 32.1. The lowest BCUT2D eigenvalue weighted by Gasteiger charge is -1.98. The number of hydrogen-bond acceptors (Lipinski definition) is 4. The van der Waals surface area contributed by atoms with Crippen LogP contribution in [0.15, 0.2) is 18.3 Å². The van der Waals surface area contributed by atoms with E-state index >= 15 is 0 Å². The van der Waals surface area contributed by atoms with Crippen LogP contribution in [0.3, 0.4) is 0 Å². The molecule has 2 aromatic heterocycles. The van der Waals surface area contributed by atoms with Gasteiger partial charge >= 0.3 is 0 Å². The third-order valence-corrected chi connectivity index (χ3v) is 2.38. The zero-order valence-electron chi connectivity index (χ0n) is 7.93. The molecule has 0 aliphatic rings. The summed E-state index contributed by atoms with van der Waals surface area (Å²) in [5.41, 5.74) is 1.21. The highest BCUT2D eigenvalue weighted by Crippen LogP contribution is 2.14. The molecule has 2 aromatic rings. The quantitative estimate of drug-likeness (QED) is 0.733. The number of nitrogens with one attached hydrogen (secondary N) is 1. The van der Waals surface area contributed by atoms with E-state index in [0.29, 0.717) is 16.3 Å². The average Bonchev–Trinajstić information content (AvgIpc) is 2.60. The smallest absolute Gasteiger partial charge is 0.195 e. The van der Waals surface area contributed by atoms with Crippen molar-refractivity contribution in [1.29, 1.82) is 5.26 Å². The van der Waals surface area contributed by atoms with E-state index in [2.05, 4.69) is 15.2 Å². The molecule has 1 N–H and O–H groups in total. The maximum atomic E-state index is 8.60. The fourth-order valence-corrected chi connectivity index (χ4v) is 1.33. The van der Waals surface area contributed by atoms with Crippen LogP contribution in [0.4, 0.5) is 0 Å². The summed E-state index contributed by atoms with van der Waals surface area (Å²) in [7, 11) is 1.82. The van der Waals surface area contributed by atoms with Gasteiger partial charge in [0.05, 0.1) is 0 Å². The second-order valence-electron chi connectivity index (χ2n) is 2.96. The van der Waals surface area contributed by atoms with Crippen LogP contribution in [-0.2, 0) is 7.05 Å². The van der Waals surface area contributed by atoms with Crippen LogP contribution in [-0.4, -0.2) is 19.7 Å². The molecule has 2 rings (SSSR count). The van der Waals surface area contributed by atoms with Crippen LogP contribution in [0.25, 0.3) is 11.4 Å². The van der Waals surface area contributed by atoms with Crippen LogP contribution in [0.1, 0.15) is 5.69 Å². The maximum Gasteiger partial charge on any atom is 0.195 e. The molecule has 5 nitrogen and oxygen atoms in total. The Bertz CT molecular complexity index is 572. The Balaban J connectivity index is 2.51.